The molecule has 1 fully saturated rings. The minimum absolute atomic E-state index is 0.0658. The Kier molecular flexibility index (Phi) is 7.89. The monoisotopic (exact) mass is 514 g/mol. The zero-order chi connectivity index (χ0) is 25.9. The molecule has 0 bridgehead atoms. The van der Waals surface area contributed by atoms with E-state index in [1.165, 1.54) is 6.07 Å². The molecule has 2 atom stereocenters. The summed E-state index contributed by atoms with van der Waals surface area (Å²) in [5.74, 6) is -2.52. The number of rotatable bonds is 4. The maximum Gasteiger partial charge on any atom is 0.416 e. The van der Waals surface area contributed by atoms with Gasteiger partial charge in [-0.1, -0.05) is 17.7 Å². The van der Waals surface area contributed by atoms with Crippen molar-refractivity contribution in [1.82, 2.24) is 21.1 Å². The van der Waals surface area contributed by atoms with Gasteiger partial charge < -0.3 is 10.2 Å². The molecule has 0 saturated carbocycles. The van der Waals surface area contributed by atoms with Gasteiger partial charge in [0.05, 0.1) is 5.56 Å². The lowest BCUT2D eigenvalue weighted by Crippen LogP contribution is -2.46. The maximum absolute atomic E-state index is 13.5. The molecular weight excluding hydrogens is 492 g/mol. The predicted molar refractivity (Wildman–Crippen MR) is 120 cm³/mol. The van der Waals surface area contributed by atoms with Crippen molar-refractivity contribution in [2.75, 3.05) is 0 Å². The third-order valence-corrected chi connectivity index (χ3v) is 6.05. The van der Waals surface area contributed by atoms with Gasteiger partial charge in [0.2, 0.25) is 0 Å². The molecule has 1 heterocycles. The molecule has 35 heavy (non-hydrogen) atoms. The number of nitrogens with zero attached hydrogens (tertiary/aromatic N) is 1. The van der Waals surface area contributed by atoms with Gasteiger partial charge in [0.1, 0.15) is 5.82 Å². The van der Waals surface area contributed by atoms with Crippen molar-refractivity contribution in [2.24, 2.45) is 0 Å². The summed E-state index contributed by atoms with van der Waals surface area (Å²) >= 11 is 6.27. The zero-order valence-electron chi connectivity index (χ0n) is 18.8. The summed E-state index contributed by atoms with van der Waals surface area (Å²) in [6, 6.07) is 5.40. The molecule has 0 spiro atoms. The van der Waals surface area contributed by atoms with Gasteiger partial charge >= 0.3 is 12.2 Å². The second-order valence-corrected chi connectivity index (χ2v) is 8.69. The van der Waals surface area contributed by atoms with Crippen molar-refractivity contribution in [3.05, 3.63) is 69.5 Å². The van der Waals surface area contributed by atoms with Crippen LogP contribution in [-0.4, -0.2) is 34.8 Å². The number of alkyl halides is 3. The second-order valence-electron chi connectivity index (χ2n) is 8.28. The van der Waals surface area contributed by atoms with Crippen LogP contribution in [0.4, 0.5) is 22.4 Å². The van der Waals surface area contributed by atoms with Crippen molar-refractivity contribution in [3.63, 3.8) is 0 Å². The summed E-state index contributed by atoms with van der Waals surface area (Å²) in [7, 11) is 0. The van der Waals surface area contributed by atoms with Crippen LogP contribution in [-0.2, 0) is 12.7 Å². The first kappa shape index (κ1) is 26.3. The first-order chi connectivity index (χ1) is 16.4. The number of carbonyl (C=O) groups is 3. The van der Waals surface area contributed by atoms with Crippen LogP contribution >= 0.6 is 11.6 Å². The Morgan fingerprint density at radius 1 is 1.00 bits per heavy atom. The lowest BCUT2D eigenvalue weighted by atomic mass is 10.1. The van der Waals surface area contributed by atoms with E-state index >= 15 is 0 Å². The molecule has 1 aliphatic heterocycles. The number of halogens is 5. The zero-order valence-corrected chi connectivity index (χ0v) is 19.6. The van der Waals surface area contributed by atoms with E-state index in [4.69, 9.17) is 11.6 Å². The van der Waals surface area contributed by atoms with Crippen LogP contribution in [0.1, 0.15) is 58.5 Å². The van der Waals surface area contributed by atoms with Crippen molar-refractivity contribution in [3.8, 4) is 0 Å². The van der Waals surface area contributed by atoms with E-state index in [0.717, 1.165) is 12.8 Å². The lowest BCUT2D eigenvalue weighted by Gasteiger charge is -2.26. The summed E-state index contributed by atoms with van der Waals surface area (Å²) in [5.41, 5.74) is 2.82. The molecule has 7 nitrogen and oxygen atoms in total. The van der Waals surface area contributed by atoms with Gasteiger partial charge in [-0.25, -0.2) is 14.6 Å². The molecule has 2 aromatic carbocycles. The highest BCUT2D eigenvalue weighted by Crippen LogP contribution is 2.30. The van der Waals surface area contributed by atoms with Crippen LogP contribution in [0, 0.1) is 5.82 Å². The van der Waals surface area contributed by atoms with Crippen LogP contribution in [0.3, 0.4) is 0 Å². The Balaban J connectivity index is 1.55. The molecule has 0 aromatic heterocycles. The van der Waals surface area contributed by atoms with Gasteiger partial charge in [0.25, 0.3) is 11.8 Å². The van der Waals surface area contributed by atoms with Gasteiger partial charge in [-0.05, 0) is 62.6 Å². The number of hydrogen-bond acceptors (Lipinski definition) is 3. The second kappa shape index (κ2) is 10.5. The third-order valence-electron chi connectivity index (χ3n) is 5.70. The third kappa shape index (κ3) is 6.41. The molecule has 3 N–H and O–H groups in total. The Hall–Kier alpha value is -3.34. The van der Waals surface area contributed by atoms with Crippen molar-refractivity contribution < 1.29 is 31.9 Å². The Bertz CT molecular complexity index is 1130. The number of amides is 4. The van der Waals surface area contributed by atoms with Gasteiger partial charge in [-0.15, -0.1) is 0 Å². The van der Waals surface area contributed by atoms with E-state index in [1.54, 1.807) is 12.1 Å². The van der Waals surface area contributed by atoms with E-state index in [1.807, 2.05) is 29.6 Å². The fourth-order valence-corrected chi connectivity index (χ4v) is 4.11. The standard InChI is InChI=1S/C23H23ClF4N4O3/c1-12-3-4-13(2)32(12)21(34)14-5-6-15(19(24)9-14)11-29-22(35)31-30-20(33)16-7-17(23(26,27)28)10-18(25)8-16/h5-10,12-13H,3-4,11H2,1-2H3,(H,30,33)(H2,29,31,35)/t12-,13+. The van der Waals surface area contributed by atoms with Crippen molar-refractivity contribution in [1.29, 1.82) is 0 Å². The topological polar surface area (TPSA) is 90.5 Å². The molecule has 1 saturated heterocycles. The van der Waals surface area contributed by atoms with E-state index in [-0.39, 0.29) is 35.6 Å². The van der Waals surface area contributed by atoms with Gasteiger partial charge in [0.15, 0.2) is 0 Å². The van der Waals surface area contributed by atoms with Crippen LogP contribution in [0.2, 0.25) is 5.02 Å². The maximum atomic E-state index is 13.5. The molecule has 12 heteroatoms. The fraction of sp³-hybridized carbons (Fsp3) is 0.348. The van der Waals surface area contributed by atoms with E-state index < -0.39 is 35.1 Å². The average Bonchev–Trinajstić information content (AvgIpc) is 3.12. The number of benzene rings is 2. The SMILES string of the molecule is C[C@@H]1CC[C@H](C)N1C(=O)c1ccc(CNC(=O)NNC(=O)c2cc(F)cc(C(F)(F)F)c2)c(Cl)c1. The smallest absolute Gasteiger partial charge is 0.333 e. The lowest BCUT2D eigenvalue weighted by molar-refractivity contribution is -0.137. The molecule has 4 amide bonds. The van der Waals surface area contributed by atoms with Crippen LogP contribution in [0.5, 0.6) is 0 Å². The Labute approximate surface area is 203 Å². The summed E-state index contributed by atoms with van der Waals surface area (Å²) in [5, 5.41) is 2.66. The molecule has 2 aromatic rings. The summed E-state index contributed by atoms with van der Waals surface area (Å²) in [4.78, 5) is 38.6. The molecule has 0 aliphatic carbocycles. The highest BCUT2D eigenvalue weighted by molar-refractivity contribution is 6.31. The van der Waals surface area contributed by atoms with Crippen LogP contribution < -0.4 is 16.2 Å². The van der Waals surface area contributed by atoms with Gasteiger partial charge in [0, 0.05) is 34.8 Å². The first-order valence-corrected chi connectivity index (χ1v) is 11.1. The largest absolute Gasteiger partial charge is 0.416 e. The predicted octanol–water partition coefficient (Wildman–Crippen LogP) is 4.66. The van der Waals surface area contributed by atoms with Crippen LogP contribution in [0.15, 0.2) is 36.4 Å². The van der Waals surface area contributed by atoms with E-state index in [9.17, 15) is 31.9 Å². The highest BCUT2D eigenvalue weighted by Gasteiger charge is 2.33. The molecule has 1 aliphatic rings. The van der Waals surface area contributed by atoms with Gasteiger partial charge in [-0.2, -0.15) is 13.2 Å². The van der Waals surface area contributed by atoms with Crippen molar-refractivity contribution in [2.45, 2.75) is 51.5 Å². The minimum atomic E-state index is -4.84. The molecule has 0 radical (unpaired) electrons. The average molecular weight is 515 g/mol. The summed E-state index contributed by atoms with van der Waals surface area (Å²) in [6.45, 7) is 3.91. The van der Waals surface area contributed by atoms with Crippen LogP contribution in [0.25, 0.3) is 0 Å². The molecule has 188 valence electrons. The number of carbonyl (C=O) groups excluding carboxylic acids is 3. The van der Waals surface area contributed by atoms with E-state index in [2.05, 4.69) is 5.32 Å². The summed E-state index contributed by atoms with van der Waals surface area (Å²) < 4.78 is 51.8. The number of nitrogens with one attached hydrogen (secondary N) is 3. The Morgan fingerprint density at radius 3 is 2.26 bits per heavy atom. The number of hydrogen-bond donors (Lipinski definition) is 3. The van der Waals surface area contributed by atoms with Crippen molar-refractivity contribution >= 4 is 29.4 Å². The normalized spacial score (nSPS) is 17.7. The minimum Gasteiger partial charge on any atom is -0.333 e. The Morgan fingerprint density at radius 2 is 1.66 bits per heavy atom. The summed E-state index contributed by atoms with van der Waals surface area (Å²) in [6.07, 6.45) is -2.99. The first-order valence-electron chi connectivity index (χ1n) is 10.7. The van der Waals surface area contributed by atoms with E-state index in [0.29, 0.717) is 23.3 Å². The molecular formula is C23H23ClF4N4O3. The van der Waals surface area contributed by atoms with Gasteiger partial charge in [-0.3, -0.25) is 15.0 Å². The molecule has 3 rings (SSSR count). The number of hydrazine groups is 1. The number of likely N-dealkylation sites (tertiary alicyclic amines) is 1. The quantitative estimate of drug-likeness (QED) is 0.409. The number of urea groups is 1. The fourth-order valence-electron chi connectivity index (χ4n) is 3.86. The molecule has 0 unspecified atom stereocenters. The highest BCUT2D eigenvalue weighted by atomic mass is 35.5.